The monoisotopic (exact) mass is 414 g/mol. The molecule has 12 heteroatoms. The highest BCUT2D eigenvalue weighted by Gasteiger charge is 2.25. The first kappa shape index (κ1) is 20.4. The number of aromatic carboxylic acids is 1. The van der Waals surface area contributed by atoms with Crippen LogP contribution < -0.4 is 14.8 Å². The Morgan fingerprint density at radius 3 is 2.56 bits per heavy atom. The number of carbonyl (C=O) groups excluding carboxylic acids is 1. The van der Waals surface area contributed by atoms with E-state index >= 15 is 0 Å². The van der Waals surface area contributed by atoms with Crippen molar-refractivity contribution in [2.75, 3.05) is 7.11 Å². The summed E-state index contributed by atoms with van der Waals surface area (Å²) in [6.45, 7) is 1.50. The SMILES string of the molecule is COc1cc(Cl)nc(C(C)NC(=O)NS(=O)(=O)c2ccccc2C(=O)O)n1. The number of amides is 2. The van der Waals surface area contributed by atoms with E-state index < -0.39 is 38.5 Å². The molecule has 1 unspecified atom stereocenters. The Hall–Kier alpha value is -2.92. The van der Waals surface area contributed by atoms with E-state index in [0.717, 1.165) is 12.1 Å². The minimum absolute atomic E-state index is 0.0777. The first-order chi connectivity index (χ1) is 12.6. The molecule has 1 aromatic heterocycles. The summed E-state index contributed by atoms with van der Waals surface area (Å²) in [5, 5.41) is 11.5. The highest BCUT2D eigenvalue weighted by Crippen LogP contribution is 2.18. The fourth-order valence-electron chi connectivity index (χ4n) is 2.06. The Balaban J connectivity index is 2.18. The Bertz CT molecular complexity index is 982. The molecule has 0 aliphatic heterocycles. The lowest BCUT2D eigenvalue weighted by Crippen LogP contribution is -2.41. The maximum absolute atomic E-state index is 12.3. The molecule has 0 spiro atoms. The summed E-state index contributed by atoms with van der Waals surface area (Å²) in [6.07, 6.45) is 0. The number of carbonyl (C=O) groups is 2. The number of nitrogens with zero attached hydrogens (tertiary/aromatic N) is 2. The zero-order chi connectivity index (χ0) is 20.2. The van der Waals surface area contributed by atoms with Gasteiger partial charge in [-0.3, -0.25) is 0 Å². The Labute approximate surface area is 159 Å². The Morgan fingerprint density at radius 2 is 1.93 bits per heavy atom. The highest BCUT2D eigenvalue weighted by atomic mass is 35.5. The molecule has 0 fully saturated rings. The van der Waals surface area contributed by atoms with E-state index in [4.69, 9.17) is 21.4 Å². The van der Waals surface area contributed by atoms with Crippen LogP contribution in [-0.2, 0) is 10.0 Å². The average molecular weight is 415 g/mol. The van der Waals surface area contributed by atoms with Crippen LogP contribution in [0.25, 0.3) is 0 Å². The zero-order valence-corrected chi connectivity index (χ0v) is 15.7. The molecule has 10 nitrogen and oxygen atoms in total. The van der Waals surface area contributed by atoms with Gasteiger partial charge in [0, 0.05) is 6.07 Å². The molecule has 0 aliphatic carbocycles. The van der Waals surface area contributed by atoms with Crippen LogP contribution in [0.5, 0.6) is 5.88 Å². The molecule has 0 saturated heterocycles. The third-order valence-electron chi connectivity index (χ3n) is 3.27. The minimum Gasteiger partial charge on any atom is -0.481 e. The number of carboxylic acids is 1. The maximum Gasteiger partial charge on any atom is 0.337 e. The van der Waals surface area contributed by atoms with E-state index in [1.165, 1.54) is 32.2 Å². The summed E-state index contributed by atoms with van der Waals surface area (Å²) >= 11 is 5.83. The molecule has 2 rings (SSSR count). The number of nitrogens with one attached hydrogen (secondary N) is 2. The molecule has 27 heavy (non-hydrogen) atoms. The van der Waals surface area contributed by atoms with Crippen LogP contribution in [0.1, 0.15) is 29.1 Å². The van der Waals surface area contributed by atoms with Crippen molar-refractivity contribution in [2.45, 2.75) is 17.9 Å². The maximum atomic E-state index is 12.3. The summed E-state index contributed by atoms with van der Waals surface area (Å²) < 4.78 is 31.4. The largest absolute Gasteiger partial charge is 0.481 e. The van der Waals surface area contributed by atoms with E-state index in [-0.39, 0.29) is 16.9 Å². The second-order valence-corrected chi connectivity index (χ2v) is 7.23. The molecule has 0 bridgehead atoms. The van der Waals surface area contributed by atoms with Crippen molar-refractivity contribution in [3.8, 4) is 5.88 Å². The average Bonchev–Trinajstić information content (AvgIpc) is 2.60. The van der Waals surface area contributed by atoms with Gasteiger partial charge in [0.2, 0.25) is 5.88 Å². The van der Waals surface area contributed by atoms with Crippen LogP contribution in [0.4, 0.5) is 4.79 Å². The fraction of sp³-hybridized carbons (Fsp3) is 0.200. The van der Waals surface area contributed by atoms with Crippen LogP contribution in [0, 0.1) is 0 Å². The number of sulfonamides is 1. The molecule has 1 heterocycles. The van der Waals surface area contributed by atoms with E-state index in [9.17, 15) is 18.0 Å². The first-order valence-electron chi connectivity index (χ1n) is 7.38. The number of halogens is 1. The molecule has 2 amide bonds. The number of hydrogen-bond donors (Lipinski definition) is 3. The standard InChI is InChI=1S/C15H15ClN4O6S/c1-8(13-18-11(16)7-12(19-13)26-2)17-15(23)20-27(24,25)10-6-4-3-5-9(10)14(21)22/h3-8H,1-2H3,(H,21,22)(H2,17,20,23). The second kappa shape index (κ2) is 8.18. The molecule has 3 N–H and O–H groups in total. The topological polar surface area (TPSA) is 148 Å². The third kappa shape index (κ3) is 5.05. The molecule has 0 aliphatic rings. The Kier molecular flexibility index (Phi) is 6.18. The summed E-state index contributed by atoms with van der Waals surface area (Å²) in [7, 11) is -3.04. The van der Waals surface area contributed by atoms with Crippen LogP contribution in [-0.4, -0.2) is 42.6 Å². The normalized spacial score (nSPS) is 12.1. The van der Waals surface area contributed by atoms with Crippen molar-refractivity contribution in [3.05, 3.63) is 46.9 Å². The van der Waals surface area contributed by atoms with Crippen molar-refractivity contribution in [3.63, 3.8) is 0 Å². The van der Waals surface area contributed by atoms with Gasteiger partial charge in [0.25, 0.3) is 10.0 Å². The smallest absolute Gasteiger partial charge is 0.337 e. The fourth-order valence-corrected chi connectivity index (χ4v) is 3.35. The molecule has 1 atom stereocenters. The van der Waals surface area contributed by atoms with Gasteiger partial charge in [-0.2, -0.15) is 4.98 Å². The van der Waals surface area contributed by atoms with Crippen molar-refractivity contribution in [1.82, 2.24) is 20.0 Å². The quantitative estimate of drug-likeness (QED) is 0.603. The van der Waals surface area contributed by atoms with Crippen molar-refractivity contribution < 1.29 is 27.9 Å². The van der Waals surface area contributed by atoms with Gasteiger partial charge < -0.3 is 15.2 Å². The number of urea groups is 1. The van der Waals surface area contributed by atoms with Gasteiger partial charge in [-0.25, -0.2) is 27.7 Å². The second-order valence-electron chi connectivity index (χ2n) is 5.19. The van der Waals surface area contributed by atoms with Crippen molar-refractivity contribution >= 4 is 33.6 Å². The third-order valence-corrected chi connectivity index (χ3v) is 4.85. The number of methoxy groups -OCH3 is 1. The van der Waals surface area contributed by atoms with E-state index in [1.54, 1.807) is 4.72 Å². The Morgan fingerprint density at radius 1 is 1.26 bits per heavy atom. The lowest BCUT2D eigenvalue weighted by molar-refractivity contribution is 0.0692. The van der Waals surface area contributed by atoms with Crippen molar-refractivity contribution in [1.29, 1.82) is 0 Å². The van der Waals surface area contributed by atoms with Gasteiger partial charge >= 0.3 is 12.0 Å². The van der Waals surface area contributed by atoms with Gasteiger partial charge in [-0.05, 0) is 19.1 Å². The van der Waals surface area contributed by atoms with Gasteiger partial charge in [0.1, 0.15) is 10.0 Å². The first-order valence-corrected chi connectivity index (χ1v) is 9.24. The molecule has 0 saturated carbocycles. The molecular formula is C15H15ClN4O6S. The molecule has 1 aromatic carbocycles. The number of ether oxygens (including phenoxy) is 1. The summed E-state index contributed by atoms with van der Waals surface area (Å²) in [5.74, 6) is -1.18. The van der Waals surface area contributed by atoms with Gasteiger partial charge in [-0.1, -0.05) is 23.7 Å². The molecule has 144 valence electrons. The van der Waals surface area contributed by atoms with Crippen LogP contribution >= 0.6 is 11.6 Å². The van der Waals surface area contributed by atoms with Gasteiger partial charge in [0.05, 0.1) is 18.7 Å². The zero-order valence-electron chi connectivity index (χ0n) is 14.1. The number of rotatable bonds is 6. The highest BCUT2D eigenvalue weighted by molar-refractivity contribution is 7.90. The summed E-state index contributed by atoms with van der Waals surface area (Å²) in [4.78, 5) is 30.6. The van der Waals surface area contributed by atoms with E-state index in [0.29, 0.717) is 0 Å². The van der Waals surface area contributed by atoms with Gasteiger partial charge in [0.15, 0.2) is 5.82 Å². The number of carboxylic acid groups (broad SMARTS) is 1. The summed E-state index contributed by atoms with van der Waals surface area (Å²) in [5.41, 5.74) is -0.464. The molecule has 0 radical (unpaired) electrons. The van der Waals surface area contributed by atoms with Crippen LogP contribution in [0.3, 0.4) is 0 Å². The van der Waals surface area contributed by atoms with E-state index in [1.807, 2.05) is 0 Å². The predicted octanol–water partition coefficient (Wildman–Crippen LogP) is 1.59. The predicted molar refractivity (Wildman–Crippen MR) is 94.3 cm³/mol. The number of aromatic nitrogens is 2. The van der Waals surface area contributed by atoms with Gasteiger partial charge in [-0.15, -0.1) is 0 Å². The lowest BCUT2D eigenvalue weighted by Gasteiger charge is -2.15. The molecule has 2 aromatic rings. The van der Waals surface area contributed by atoms with Crippen LogP contribution in [0.15, 0.2) is 35.2 Å². The lowest BCUT2D eigenvalue weighted by atomic mass is 10.2. The van der Waals surface area contributed by atoms with Crippen LogP contribution in [0.2, 0.25) is 5.15 Å². The van der Waals surface area contributed by atoms with Crippen molar-refractivity contribution in [2.24, 2.45) is 0 Å². The molecular weight excluding hydrogens is 400 g/mol. The summed E-state index contributed by atoms with van der Waals surface area (Å²) in [6, 6.07) is 4.36. The number of hydrogen-bond acceptors (Lipinski definition) is 7. The van der Waals surface area contributed by atoms with E-state index in [2.05, 4.69) is 15.3 Å². The minimum atomic E-state index is -4.42. The number of benzene rings is 1.